The molecule has 1 aromatic carbocycles. The number of aliphatic hydroxyl groups excluding tert-OH is 2. The molecule has 0 radical (unpaired) electrons. The van der Waals surface area contributed by atoms with E-state index in [4.69, 9.17) is 10.2 Å². The maximum atomic E-state index is 13.7. The zero-order valence-electron chi connectivity index (χ0n) is 10.1. The number of hydrogen-bond acceptors (Lipinski definition) is 5. The van der Waals surface area contributed by atoms with Gasteiger partial charge >= 0.3 is 0 Å². The maximum Gasteiger partial charge on any atom is 0.270 e. The average Bonchev–Trinajstić information content (AvgIpc) is 2.38. The second-order valence-electron chi connectivity index (χ2n) is 3.93. The summed E-state index contributed by atoms with van der Waals surface area (Å²) in [6.07, 6.45) is -1.17. The lowest BCUT2D eigenvalue weighted by Gasteiger charge is -2.10. The Hall–Kier alpha value is -2.06. The zero-order valence-corrected chi connectivity index (χ0v) is 10.1. The fraction of sp³-hybridized carbons (Fsp3) is 0.364. The van der Waals surface area contributed by atoms with E-state index in [2.05, 4.69) is 5.32 Å². The summed E-state index contributed by atoms with van der Waals surface area (Å²) in [7, 11) is 0. The molecule has 0 aliphatic heterocycles. The van der Waals surface area contributed by atoms with Crippen molar-refractivity contribution in [1.29, 1.82) is 0 Å². The predicted octanol–water partition coefficient (Wildman–Crippen LogP) is 0.125. The van der Waals surface area contributed by atoms with Gasteiger partial charge in [0, 0.05) is 18.7 Å². The molecule has 0 bridgehead atoms. The first-order chi connectivity index (χ1) is 8.86. The first kappa shape index (κ1) is 15.0. The van der Waals surface area contributed by atoms with Crippen molar-refractivity contribution in [3.63, 3.8) is 0 Å². The van der Waals surface area contributed by atoms with Gasteiger partial charge in [0.2, 0.25) is 0 Å². The summed E-state index contributed by atoms with van der Waals surface area (Å²) in [6, 6.07) is 1.84. The van der Waals surface area contributed by atoms with Crippen LogP contribution < -0.4 is 5.32 Å². The molecule has 0 fully saturated rings. The number of aryl methyl sites for hydroxylation is 1. The molecular weight excluding hydrogens is 259 g/mol. The van der Waals surface area contributed by atoms with E-state index in [1.165, 1.54) is 6.92 Å². The Morgan fingerprint density at radius 1 is 1.58 bits per heavy atom. The molecule has 0 aliphatic carbocycles. The standard InChI is InChI=1S/C11H13FN2O5/c1-6-2-7(14(18)19)3-9(10(6)12)11(17)13-4-8(16)5-15/h2-3,8,15-16H,4-5H2,1H3,(H,13,17). The second kappa shape index (κ2) is 6.21. The number of hydrogen-bond donors (Lipinski definition) is 3. The van der Waals surface area contributed by atoms with Crippen molar-refractivity contribution >= 4 is 11.6 Å². The number of halogens is 1. The molecule has 1 atom stereocenters. The number of benzene rings is 1. The molecular formula is C11H13FN2O5. The van der Waals surface area contributed by atoms with Crippen molar-refractivity contribution in [2.45, 2.75) is 13.0 Å². The number of nitrogens with one attached hydrogen (secondary N) is 1. The number of aliphatic hydroxyl groups is 2. The van der Waals surface area contributed by atoms with Crippen molar-refractivity contribution in [3.8, 4) is 0 Å². The lowest BCUT2D eigenvalue weighted by Crippen LogP contribution is -2.34. The highest BCUT2D eigenvalue weighted by molar-refractivity contribution is 5.95. The van der Waals surface area contributed by atoms with Gasteiger partial charge in [0.1, 0.15) is 5.82 Å². The van der Waals surface area contributed by atoms with E-state index >= 15 is 0 Å². The van der Waals surface area contributed by atoms with E-state index in [0.717, 1.165) is 12.1 Å². The number of nitro benzene ring substituents is 1. The van der Waals surface area contributed by atoms with Crippen LogP contribution in [0.25, 0.3) is 0 Å². The zero-order chi connectivity index (χ0) is 14.6. The number of carbonyl (C=O) groups excluding carboxylic acids is 1. The Morgan fingerprint density at radius 2 is 2.21 bits per heavy atom. The van der Waals surface area contributed by atoms with Crippen molar-refractivity contribution in [3.05, 3.63) is 39.2 Å². The van der Waals surface area contributed by atoms with Crippen LogP contribution in [0.1, 0.15) is 15.9 Å². The van der Waals surface area contributed by atoms with Crippen LogP contribution in [0.5, 0.6) is 0 Å². The van der Waals surface area contributed by atoms with Gasteiger partial charge in [-0.2, -0.15) is 0 Å². The fourth-order valence-electron chi connectivity index (χ4n) is 1.39. The summed E-state index contributed by atoms with van der Waals surface area (Å²) in [6.45, 7) is 0.467. The number of rotatable bonds is 5. The van der Waals surface area contributed by atoms with Gasteiger partial charge in [-0.15, -0.1) is 0 Å². The third kappa shape index (κ3) is 3.70. The molecule has 1 aromatic rings. The SMILES string of the molecule is Cc1cc([N+](=O)[O-])cc(C(=O)NCC(O)CO)c1F. The third-order valence-electron chi connectivity index (χ3n) is 2.40. The van der Waals surface area contributed by atoms with Gasteiger partial charge in [0.25, 0.3) is 11.6 Å². The normalized spacial score (nSPS) is 12.0. The fourth-order valence-corrected chi connectivity index (χ4v) is 1.39. The molecule has 0 aliphatic rings. The van der Waals surface area contributed by atoms with Gasteiger partial charge < -0.3 is 15.5 Å². The van der Waals surface area contributed by atoms with E-state index < -0.39 is 40.6 Å². The van der Waals surface area contributed by atoms with Crippen LogP contribution in [-0.4, -0.2) is 40.3 Å². The van der Waals surface area contributed by atoms with Crippen LogP contribution in [-0.2, 0) is 0 Å². The van der Waals surface area contributed by atoms with E-state index in [0.29, 0.717) is 0 Å². The lowest BCUT2D eigenvalue weighted by molar-refractivity contribution is -0.385. The molecule has 1 amide bonds. The number of amides is 1. The van der Waals surface area contributed by atoms with Crippen molar-refractivity contribution in [2.75, 3.05) is 13.2 Å². The summed E-state index contributed by atoms with van der Waals surface area (Å²) in [5.74, 6) is -1.75. The molecule has 3 N–H and O–H groups in total. The monoisotopic (exact) mass is 272 g/mol. The summed E-state index contributed by atoms with van der Waals surface area (Å²) in [5.41, 5.74) is -0.898. The van der Waals surface area contributed by atoms with Crippen LogP contribution >= 0.6 is 0 Å². The first-order valence-electron chi connectivity index (χ1n) is 5.38. The van der Waals surface area contributed by atoms with Crippen molar-refractivity contribution < 1.29 is 24.3 Å². The topological polar surface area (TPSA) is 113 Å². The van der Waals surface area contributed by atoms with Gasteiger partial charge in [-0.3, -0.25) is 14.9 Å². The summed E-state index contributed by atoms with van der Waals surface area (Å²) in [5, 5.41) is 30.4. The lowest BCUT2D eigenvalue weighted by atomic mass is 10.1. The maximum absolute atomic E-state index is 13.7. The Morgan fingerprint density at radius 3 is 2.74 bits per heavy atom. The largest absolute Gasteiger partial charge is 0.394 e. The Kier molecular flexibility index (Phi) is 4.90. The van der Waals surface area contributed by atoms with Gasteiger partial charge in [-0.25, -0.2) is 4.39 Å². The van der Waals surface area contributed by atoms with Crippen LogP contribution in [0.4, 0.5) is 10.1 Å². The summed E-state index contributed by atoms with van der Waals surface area (Å²) >= 11 is 0. The molecule has 19 heavy (non-hydrogen) atoms. The highest BCUT2D eigenvalue weighted by Gasteiger charge is 2.20. The number of non-ortho nitro benzene ring substituents is 1. The minimum absolute atomic E-state index is 0.0259. The van der Waals surface area contributed by atoms with Crippen LogP contribution in [0.3, 0.4) is 0 Å². The number of nitrogens with zero attached hydrogens (tertiary/aromatic N) is 1. The Bertz CT molecular complexity index is 506. The third-order valence-corrected chi connectivity index (χ3v) is 2.40. The van der Waals surface area contributed by atoms with Gasteiger partial charge in [0.15, 0.2) is 0 Å². The molecule has 1 unspecified atom stereocenters. The molecule has 7 nitrogen and oxygen atoms in total. The Labute approximate surface area is 107 Å². The average molecular weight is 272 g/mol. The molecule has 0 heterocycles. The highest BCUT2D eigenvalue weighted by atomic mass is 19.1. The molecule has 1 rings (SSSR count). The van der Waals surface area contributed by atoms with Crippen LogP contribution in [0.2, 0.25) is 0 Å². The highest BCUT2D eigenvalue weighted by Crippen LogP contribution is 2.20. The predicted molar refractivity (Wildman–Crippen MR) is 63.2 cm³/mol. The van der Waals surface area contributed by atoms with Crippen LogP contribution in [0, 0.1) is 22.9 Å². The van der Waals surface area contributed by atoms with E-state index in [-0.39, 0.29) is 12.1 Å². The Balaban J connectivity index is 2.98. The molecule has 8 heteroatoms. The molecule has 0 spiro atoms. The van der Waals surface area contributed by atoms with Gasteiger partial charge in [-0.05, 0) is 12.5 Å². The minimum atomic E-state index is -1.17. The minimum Gasteiger partial charge on any atom is -0.394 e. The van der Waals surface area contributed by atoms with E-state index in [9.17, 15) is 19.3 Å². The summed E-state index contributed by atoms with van der Waals surface area (Å²) < 4.78 is 13.7. The van der Waals surface area contributed by atoms with Crippen molar-refractivity contribution in [2.24, 2.45) is 0 Å². The number of nitro groups is 1. The van der Waals surface area contributed by atoms with Crippen LogP contribution in [0.15, 0.2) is 12.1 Å². The number of carbonyl (C=O) groups is 1. The van der Waals surface area contributed by atoms with Gasteiger partial charge in [-0.1, -0.05) is 0 Å². The van der Waals surface area contributed by atoms with Crippen molar-refractivity contribution in [1.82, 2.24) is 5.32 Å². The molecule has 0 aromatic heterocycles. The van der Waals surface area contributed by atoms with Gasteiger partial charge in [0.05, 0.1) is 23.2 Å². The molecule has 0 saturated carbocycles. The van der Waals surface area contributed by atoms with E-state index in [1.807, 2.05) is 0 Å². The smallest absolute Gasteiger partial charge is 0.270 e. The molecule has 104 valence electrons. The van der Waals surface area contributed by atoms with E-state index in [1.54, 1.807) is 0 Å². The summed E-state index contributed by atoms with van der Waals surface area (Å²) in [4.78, 5) is 21.5. The first-order valence-corrected chi connectivity index (χ1v) is 5.38. The quantitative estimate of drug-likeness (QED) is 0.520. The molecule has 0 saturated heterocycles. The second-order valence-corrected chi connectivity index (χ2v) is 3.93.